The van der Waals surface area contributed by atoms with Crippen LogP contribution in [0.5, 0.6) is 0 Å². The van der Waals surface area contributed by atoms with E-state index in [1.165, 1.54) is 0 Å². The zero-order chi connectivity index (χ0) is 20.5. The zero-order valence-electron chi connectivity index (χ0n) is 17.5. The predicted molar refractivity (Wildman–Crippen MR) is 108 cm³/mol. The van der Waals surface area contributed by atoms with Crippen LogP contribution in [0.25, 0.3) is 10.9 Å². The summed E-state index contributed by atoms with van der Waals surface area (Å²) in [6.07, 6.45) is 1.34. The van der Waals surface area contributed by atoms with Gasteiger partial charge in [0.05, 0.1) is 13.2 Å². The zero-order valence-corrected chi connectivity index (χ0v) is 17.5. The molecule has 1 aliphatic rings. The molecule has 28 heavy (non-hydrogen) atoms. The molecule has 3 rings (SSSR count). The minimum atomic E-state index is -0.527. The summed E-state index contributed by atoms with van der Waals surface area (Å²) in [7, 11) is 0. The fourth-order valence-corrected chi connectivity index (χ4v) is 3.76. The topological polar surface area (TPSA) is 60.8 Å². The van der Waals surface area contributed by atoms with Gasteiger partial charge in [-0.3, -0.25) is 4.79 Å². The van der Waals surface area contributed by atoms with Crippen molar-refractivity contribution in [2.24, 2.45) is 0 Å². The lowest BCUT2D eigenvalue weighted by molar-refractivity contribution is -0.143. The average molecular weight is 386 g/mol. The number of carbonyl (C=O) groups excluding carboxylic acids is 2. The molecule has 2 heterocycles. The molecule has 6 heteroatoms. The fraction of sp³-hybridized carbons (Fsp3) is 0.545. The van der Waals surface area contributed by atoms with E-state index in [0.29, 0.717) is 19.7 Å². The molecule has 0 N–H and O–H groups in total. The Kier molecular flexibility index (Phi) is 5.68. The van der Waals surface area contributed by atoms with E-state index in [4.69, 9.17) is 9.47 Å². The second kappa shape index (κ2) is 7.86. The van der Waals surface area contributed by atoms with Crippen LogP contribution in [0.15, 0.2) is 18.2 Å². The molecule has 1 aromatic carbocycles. The molecule has 6 nitrogen and oxygen atoms in total. The largest absolute Gasteiger partial charge is 0.465 e. The Hall–Kier alpha value is -2.50. The lowest BCUT2D eigenvalue weighted by Gasteiger charge is -2.26. The number of fused-ring (bicyclic) bond motifs is 3. The summed E-state index contributed by atoms with van der Waals surface area (Å²) in [4.78, 5) is 26.6. The number of benzene rings is 1. The van der Waals surface area contributed by atoms with Crippen molar-refractivity contribution in [2.75, 3.05) is 13.2 Å². The van der Waals surface area contributed by atoms with Gasteiger partial charge in [0, 0.05) is 28.7 Å². The molecule has 152 valence electrons. The van der Waals surface area contributed by atoms with E-state index in [-0.39, 0.29) is 18.6 Å². The van der Waals surface area contributed by atoms with Gasteiger partial charge in [0.15, 0.2) is 0 Å². The molecule has 0 spiro atoms. The molecule has 0 aliphatic carbocycles. The number of carbonyl (C=O) groups is 2. The summed E-state index contributed by atoms with van der Waals surface area (Å²) < 4.78 is 12.8. The Balaban J connectivity index is 2.02. The second-order valence-corrected chi connectivity index (χ2v) is 8.34. The van der Waals surface area contributed by atoms with Crippen molar-refractivity contribution in [3.8, 4) is 0 Å². The van der Waals surface area contributed by atoms with E-state index in [9.17, 15) is 9.59 Å². The van der Waals surface area contributed by atoms with Crippen molar-refractivity contribution in [3.63, 3.8) is 0 Å². The number of ether oxygens (including phenoxy) is 2. The number of esters is 1. The molecule has 0 fully saturated rings. The van der Waals surface area contributed by atoms with Crippen molar-refractivity contribution >= 4 is 23.0 Å². The van der Waals surface area contributed by atoms with Gasteiger partial charge in [-0.25, -0.2) is 4.79 Å². The van der Waals surface area contributed by atoms with Gasteiger partial charge < -0.3 is 18.9 Å². The molecule has 0 bridgehead atoms. The van der Waals surface area contributed by atoms with Crippen LogP contribution >= 0.6 is 0 Å². The standard InChI is InChI=1S/C22H30N2O4/c1-6-27-20(25)14-24-18-8-7-11-23(21(26)28-22(3,4)5)13-17(18)16-12-15(2)9-10-19(16)24/h9-10,12H,6-8,11,13-14H2,1-5H3. The van der Waals surface area contributed by atoms with Gasteiger partial charge in [0.2, 0.25) is 0 Å². The van der Waals surface area contributed by atoms with Crippen molar-refractivity contribution in [1.82, 2.24) is 9.47 Å². The predicted octanol–water partition coefficient (Wildman–Crippen LogP) is 4.20. The summed E-state index contributed by atoms with van der Waals surface area (Å²) in [6, 6.07) is 6.24. The molecule has 0 saturated carbocycles. The van der Waals surface area contributed by atoms with Crippen LogP contribution in [-0.4, -0.2) is 40.3 Å². The van der Waals surface area contributed by atoms with E-state index in [1.54, 1.807) is 4.90 Å². The first-order valence-corrected chi connectivity index (χ1v) is 9.93. The van der Waals surface area contributed by atoms with Crippen LogP contribution in [0, 0.1) is 6.92 Å². The van der Waals surface area contributed by atoms with Gasteiger partial charge in [-0.2, -0.15) is 0 Å². The quantitative estimate of drug-likeness (QED) is 0.742. The second-order valence-electron chi connectivity index (χ2n) is 8.34. The number of aromatic nitrogens is 1. The SMILES string of the molecule is CCOC(=O)Cn1c2c(c3cc(C)ccc31)CN(C(=O)OC(C)(C)C)CCC2. The summed E-state index contributed by atoms with van der Waals surface area (Å²) in [5, 5.41) is 1.09. The lowest BCUT2D eigenvalue weighted by Crippen LogP contribution is -2.36. The van der Waals surface area contributed by atoms with E-state index >= 15 is 0 Å². The van der Waals surface area contributed by atoms with Gasteiger partial charge in [0.1, 0.15) is 12.1 Å². The summed E-state index contributed by atoms with van der Waals surface area (Å²) >= 11 is 0. The number of hydrogen-bond donors (Lipinski definition) is 0. The molecule has 2 aromatic rings. The highest BCUT2D eigenvalue weighted by Gasteiger charge is 2.28. The molecule has 1 aliphatic heterocycles. The average Bonchev–Trinajstić information content (AvgIpc) is 2.75. The van der Waals surface area contributed by atoms with Gasteiger partial charge in [-0.1, -0.05) is 11.6 Å². The maximum atomic E-state index is 12.7. The maximum absolute atomic E-state index is 12.7. The van der Waals surface area contributed by atoms with Gasteiger partial charge in [-0.05, 0) is 59.6 Å². The highest BCUT2D eigenvalue weighted by Crippen LogP contribution is 2.32. The molecule has 0 saturated heterocycles. The minimum absolute atomic E-state index is 0.190. The Labute approximate surface area is 166 Å². The monoisotopic (exact) mass is 386 g/mol. The van der Waals surface area contributed by atoms with Gasteiger partial charge in [-0.15, -0.1) is 0 Å². The first kappa shape index (κ1) is 20.2. The van der Waals surface area contributed by atoms with Gasteiger partial charge in [0.25, 0.3) is 0 Å². The maximum Gasteiger partial charge on any atom is 0.410 e. The Morgan fingerprint density at radius 3 is 2.64 bits per heavy atom. The molecule has 0 atom stereocenters. The van der Waals surface area contributed by atoms with Crippen LogP contribution in [0.3, 0.4) is 0 Å². The van der Waals surface area contributed by atoms with Crippen LogP contribution in [-0.2, 0) is 33.8 Å². The normalized spacial score (nSPS) is 14.5. The fourth-order valence-electron chi connectivity index (χ4n) is 3.76. The summed E-state index contributed by atoms with van der Waals surface area (Å²) in [5.41, 5.74) is 3.85. The van der Waals surface area contributed by atoms with E-state index in [1.807, 2.05) is 27.7 Å². The smallest absolute Gasteiger partial charge is 0.410 e. The number of aryl methyl sites for hydroxylation is 1. The Morgan fingerprint density at radius 1 is 1.21 bits per heavy atom. The van der Waals surface area contributed by atoms with Crippen LogP contribution in [0.4, 0.5) is 4.79 Å². The number of hydrogen-bond acceptors (Lipinski definition) is 4. The van der Waals surface area contributed by atoms with Crippen LogP contribution in [0.2, 0.25) is 0 Å². The van der Waals surface area contributed by atoms with Crippen LogP contribution in [0.1, 0.15) is 50.9 Å². The summed E-state index contributed by atoms with van der Waals surface area (Å²) in [5.74, 6) is -0.240. The Bertz CT molecular complexity index is 892. The molecular formula is C22H30N2O4. The first-order valence-electron chi connectivity index (χ1n) is 9.93. The molecule has 1 aromatic heterocycles. The number of nitrogens with zero attached hydrogens (tertiary/aromatic N) is 2. The third-order valence-corrected chi connectivity index (χ3v) is 4.88. The number of rotatable bonds is 3. The Morgan fingerprint density at radius 2 is 1.96 bits per heavy atom. The van der Waals surface area contributed by atoms with E-state index in [2.05, 4.69) is 29.7 Å². The first-order chi connectivity index (χ1) is 13.2. The highest BCUT2D eigenvalue weighted by molar-refractivity contribution is 5.88. The van der Waals surface area contributed by atoms with Crippen molar-refractivity contribution in [2.45, 2.75) is 66.2 Å². The van der Waals surface area contributed by atoms with Crippen molar-refractivity contribution < 1.29 is 19.1 Å². The number of amides is 1. The van der Waals surface area contributed by atoms with Crippen molar-refractivity contribution in [1.29, 1.82) is 0 Å². The molecule has 0 radical (unpaired) electrons. The molecule has 1 amide bonds. The van der Waals surface area contributed by atoms with Gasteiger partial charge >= 0.3 is 12.1 Å². The van der Waals surface area contributed by atoms with Crippen molar-refractivity contribution in [3.05, 3.63) is 35.0 Å². The molecular weight excluding hydrogens is 356 g/mol. The van der Waals surface area contributed by atoms with E-state index < -0.39 is 5.60 Å². The summed E-state index contributed by atoms with van der Waals surface area (Å²) in [6.45, 7) is 11.2. The van der Waals surface area contributed by atoms with Crippen LogP contribution < -0.4 is 0 Å². The molecule has 0 unspecified atom stereocenters. The third-order valence-electron chi connectivity index (χ3n) is 4.88. The highest BCUT2D eigenvalue weighted by atomic mass is 16.6. The lowest BCUT2D eigenvalue weighted by atomic mass is 10.1. The van der Waals surface area contributed by atoms with E-state index in [0.717, 1.165) is 40.6 Å². The third kappa shape index (κ3) is 4.32. The minimum Gasteiger partial charge on any atom is -0.465 e.